The van der Waals surface area contributed by atoms with E-state index in [9.17, 15) is 9.59 Å². The number of nitrogens with zero attached hydrogens (tertiary/aromatic N) is 1. The van der Waals surface area contributed by atoms with E-state index >= 15 is 0 Å². The summed E-state index contributed by atoms with van der Waals surface area (Å²) in [6.45, 7) is 3.52. The van der Waals surface area contributed by atoms with E-state index in [1.807, 2.05) is 21.1 Å². The molecule has 0 aromatic heterocycles. The van der Waals surface area contributed by atoms with Gasteiger partial charge in [-0.1, -0.05) is 0 Å². The molecule has 1 unspecified atom stereocenters. The van der Waals surface area contributed by atoms with E-state index in [2.05, 4.69) is 0 Å². The van der Waals surface area contributed by atoms with Gasteiger partial charge >= 0.3 is 5.97 Å². The van der Waals surface area contributed by atoms with Crippen LogP contribution in [0, 0.1) is 0 Å². The van der Waals surface area contributed by atoms with Crippen molar-refractivity contribution in [2.45, 2.75) is 26.4 Å². The van der Waals surface area contributed by atoms with E-state index in [4.69, 9.17) is 4.74 Å². The van der Waals surface area contributed by atoms with Crippen LogP contribution in [0.1, 0.15) is 20.3 Å². The smallest absolute Gasteiger partial charge is 0.303 e. The van der Waals surface area contributed by atoms with Crippen molar-refractivity contribution in [2.24, 2.45) is 0 Å². The standard InChI is InChI=1S/C10H20NO3/c1-8(12)6-10(14-9(2)13)7-11(3,4)5/h10H,6-7H2,1-5H3/q+1. The fourth-order valence-corrected chi connectivity index (χ4v) is 1.31. The van der Waals surface area contributed by atoms with Crippen LogP contribution in [0.25, 0.3) is 0 Å². The fraction of sp³-hybridized carbons (Fsp3) is 0.800. The highest BCUT2D eigenvalue weighted by Gasteiger charge is 2.22. The minimum Gasteiger partial charge on any atom is -0.456 e. The van der Waals surface area contributed by atoms with Crippen LogP contribution in [-0.4, -0.2) is 50.0 Å². The molecule has 0 N–H and O–H groups in total. The third kappa shape index (κ3) is 7.73. The monoisotopic (exact) mass is 202 g/mol. The van der Waals surface area contributed by atoms with Crippen molar-refractivity contribution in [2.75, 3.05) is 27.7 Å². The number of carbonyl (C=O) groups excluding carboxylic acids is 2. The average Bonchev–Trinajstić information content (AvgIpc) is 1.77. The van der Waals surface area contributed by atoms with Crippen molar-refractivity contribution < 1.29 is 18.8 Å². The zero-order chi connectivity index (χ0) is 11.4. The first-order valence-corrected chi connectivity index (χ1v) is 4.68. The zero-order valence-electron chi connectivity index (χ0n) is 9.66. The second kappa shape index (κ2) is 5.10. The van der Waals surface area contributed by atoms with Gasteiger partial charge in [0.25, 0.3) is 0 Å². The third-order valence-electron chi connectivity index (χ3n) is 1.60. The van der Waals surface area contributed by atoms with Gasteiger partial charge in [0.2, 0.25) is 0 Å². The molecule has 0 aromatic rings. The Morgan fingerprint density at radius 1 is 1.21 bits per heavy atom. The number of rotatable bonds is 5. The number of hydrogen-bond acceptors (Lipinski definition) is 3. The number of carbonyl (C=O) groups is 2. The highest BCUT2D eigenvalue weighted by Crippen LogP contribution is 2.05. The summed E-state index contributed by atoms with van der Waals surface area (Å²) in [7, 11) is 5.99. The summed E-state index contributed by atoms with van der Waals surface area (Å²) in [5.74, 6) is -0.283. The van der Waals surface area contributed by atoms with Crippen LogP contribution in [0.4, 0.5) is 0 Å². The summed E-state index contributed by atoms with van der Waals surface area (Å²) in [5.41, 5.74) is 0. The highest BCUT2D eigenvalue weighted by molar-refractivity contribution is 5.76. The lowest BCUT2D eigenvalue weighted by Crippen LogP contribution is -2.43. The Bertz CT molecular complexity index is 202. The molecule has 0 aromatic carbocycles. The largest absolute Gasteiger partial charge is 0.456 e. The number of Topliss-reactive ketones (excluding diaryl/α,β-unsaturated/α-hetero) is 1. The molecular formula is C10H20NO3+. The van der Waals surface area contributed by atoms with Crippen LogP contribution in [0.5, 0.6) is 0 Å². The summed E-state index contributed by atoms with van der Waals surface area (Å²) in [4.78, 5) is 21.7. The van der Waals surface area contributed by atoms with Gasteiger partial charge in [-0.05, 0) is 6.92 Å². The number of hydrogen-bond donors (Lipinski definition) is 0. The van der Waals surface area contributed by atoms with Gasteiger partial charge < -0.3 is 9.22 Å². The quantitative estimate of drug-likeness (QED) is 0.484. The van der Waals surface area contributed by atoms with Crippen molar-refractivity contribution in [3.05, 3.63) is 0 Å². The molecule has 0 saturated carbocycles. The topological polar surface area (TPSA) is 43.4 Å². The zero-order valence-corrected chi connectivity index (χ0v) is 9.66. The van der Waals surface area contributed by atoms with Crippen LogP contribution in [0.2, 0.25) is 0 Å². The van der Waals surface area contributed by atoms with E-state index < -0.39 is 0 Å². The molecule has 0 heterocycles. The second-order valence-electron chi connectivity index (χ2n) is 4.61. The minimum atomic E-state index is -0.329. The van der Waals surface area contributed by atoms with Gasteiger partial charge in [0.15, 0.2) is 6.10 Å². The third-order valence-corrected chi connectivity index (χ3v) is 1.60. The van der Waals surface area contributed by atoms with E-state index in [0.29, 0.717) is 17.4 Å². The van der Waals surface area contributed by atoms with Crippen molar-refractivity contribution >= 4 is 11.8 Å². The van der Waals surface area contributed by atoms with Gasteiger partial charge in [0.05, 0.1) is 21.1 Å². The first-order valence-electron chi connectivity index (χ1n) is 4.68. The molecular weight excluding hydrogens is 182 g/mol. The molecule has 0 fully saturated rings. The number of ketones is 1. The number of esters is 1. The van der Waals surface area contributed by atoms with Gasteiger partial charge in [-0.2, -0.15) is 0 Å². The molecule has 0 aliphatic heterocycles. The summed E-state index contributed by atoms with van der Waals surface area (Å²) in [5, 5.41) is 0. The molecule has 0 spiro atoms. The Labute approximate surface area is 85.4 Å². The maximum absolute atomic E-state index is 10.9. The average molecular weight is 202 g/mol. The van der Waals surface area contributed by atoms with E-state index in [1.165, 1.54) is 13.8 Å². The van der Waals surface area contributed by atoms with Crippen LogP contribution < -0.4 is 0 Å². The lowest BCUT2D eigenvalue weighted by Gasteiger charge is -2.28. The van der Waals surface area contributed by atoms with Crippen molar-refractivity contribution in [1.82, 2.24) is 0 Å². The predicted molar refractivity (Wildman–Crippen MR) is 53.8 cm³/mol. The molecule has 4 nitrogen and oxygen atoms in total. The lowest BCUT2D eigenvalue weighted by atomic mass is 10.2. The Hall–Kier alpha value is -0.900. The first-order chi connectivity index (χ1) is 6.20. The molecule has 0 bridgehead atoms. The Morgan fingerprint density at radius 2 is 1.71 bits per heavy atom. The van der Waals surface area contributed by atoms with Crippen LogP contribution in [0.3, 0.4) is 0 Å². The van der Waals surface area contributed by atoms with Crippen LogP contribution in [-0.2, 0) is 14.3 Å². The summed E-state index contributed by atoms with van der Waals surface area (Å²) in [6.07, 6.45) is -0.000231. The molecule has 0 radical (unpaired) electrons. The number of ether oxygens (including phenoxy) is 1. The first kappa shape index (κ1) is 13.1. The Morgan fingerprint density at radius 3 is 2.00 bits per heavy atom. The molecule has 0 rings (SSSR count). The SMILES string of the molecule is CC(=O)CC(C[N+](C)(C)C)OC(C)=O. The molecule has 82 valence electrons. The van der Waals surface area contributed by atoms with Gasteiger partial charge in [0, 0.05) is 13.3 Å². The molecule has 0 amide bonds. The molecule has 0 aliphatic carbocycles. The van der Waals surface area contributed by atoms with Crippen molar-refractivity contribution in [1.29, 1.82) is 0 Å². The molecule has 4 heteroatoms. The van der Waals surface area contributed by atoms with E-state index in [-0.39, 0.29) is 17.9 Å². The normalized spacial score (nSPS) is 13.5. The fourth-order valence-electron chi connectivity index (χ4n) is 1.31. The van der Waals surface area contributed by atoms with Crippen LogP contribution >= 0.6 is 0 Å². The van der Waals surface area contributed by atoms with E-state index in [0.717, 1.165) is 0 Å². The van der Waals surface area contributed by atoms with E-state index in [1.54, 1.807) is 0 Å². The maximum atomic E-state index is 10.9. The molecule has 1 atom stereocenters. The Kier molecular flexibility index (Phi) is 4.77. The maximum Gasteiger partial charge on any atom is 0.303 e. The van der Waals surface area contributed by atoms with Crippen LogP contribution in [0.15, 0.2) is 0 Å². The van der Waals surface area contributed by atoms with Gasteiger partial charge in [0.1, 0.15) is 12.3 Å². The summed E-state index contributed by atoms with van der Waals surface area (Å²) >= 11 is 0. The molecule has 0 saturated heterocycles. The van der Waals surface area contributed by atoms with Crippen molar-refractivity contribution in [3.8, 4) is 0 Å². The minimum absolute atomic E-state index is 0.0460. The van der Waals surface area contributed by atoms with Gasteiger partial charge in [-0.3, -0.25) is 9.59 Å². The lowest BCUT2D eigenvalue weighted by molar-refractivity contribution is -0.873. The predicted octanol–water partition coefficient (Wildman–Crippen LogP) is 0.603. The summed E-state index contributed by atoms with van der Waals surface area (Å²) < 4.78 is 5.73. The van der Waals surface area contributed by atoms with Gasteiger partial charge in [-0.25, -0.2) is 0 Å². The number of likely N-dealkylation sites (N-methyl/N-ethyl adjacent to an activating group) is 1. The Balaban J connectivity index is 4.24. The second-order valence-corrected chi connectivity index (χ2v) is 4.61. The van der Waals surface area contributed by atoms with Crippen molar-refractivity contribution in [3.63, 3.8) is 0 Å². The van der Waals surface area contributed by atoms with Gasteiger partial charge in [-0.15, -0.1) is 0 Å². The number of quaternary nitrogens is 1. The highest BCUT2D eigenvalue weighted by atomic mass is 16.5. The summed E-state index contributed by atoms with van der Waals surface area (Å²) in [6, 6.07) is 0. The molecule has 0 aliphatic rings. The molecule has 14 heavy (non-hydrogen) atoms.